The maximum Gasteiger partial charge on any atom is -0.00176 e. The Morgan fingerprint density at radius 2 is 0.767 bits per heavy atom. The standard InChI is InChI=1S/C30H22/c1-19-17-27(21-9-5-3-6-10-21)25-16-14-24-20(2)18-28(22-11-7-4-8-12-22)26-15-13-23(19)29(25)30(24)26/h3-18H,1-2H3. The van der Waals surface area contributed by atoms with Gasteiger partial charge in [0.25, 0.3) is 0 Å². The molecule has 0 saturated carbocycles. The van der Waals surface area contributed by atoms with E-state index >= 15 is 0 Å². The Morgan fingerprint density at radius 3 is 1.17 bits per heavy atom. The summed E-state index contributed by atoms with van der Waals surface area (Å²) in [6.45, 7) is 4.48. The van der Waals surface area contributed by atoms with Crippen LogP contribution in [0.2, 0.25) is 0 Å². The molecule has 0 N–H and O–H groups in total. The molecule has 0 unspecified atom stereocenters. The van der Waals surface area contributed by atoms with Crippen LogP contribution < -0.4 is 0 Å². The molecule has 0 fully saturated rings. The molecule has 142 valence electrons. The first-order valence-electron chi connectivity index (χ1n) is 10.5. The lowest BCUT2D eigenvalue weighted by Gasteiger charge is -2.19. The van der Waals surface area contributed by atoms with Crippen molar-refractivity contribution in [3.63, 3.8) is 0 Å². The molecule has 6 rings (SSSR count). The highest BCUT2D eigenvalue weighted by atomic mass is 14.2. The number of hydrogen-bond acceptors (Lipinski definition) is 0. The van der Waals surface area contributed by atoms with Gasteiger partial charge in [-0.2, -0.15) is 0 Å². The van der Waals surface area contributed by atoms with Crippen molar-refractivity contribution in [2.45, 2.75) is 13.8 Å². The van der Waals surface area contributed by atoms with Gasteiger partial charge in [0.2, 0.25) is 0 Å². The maximum absolute atomic E-state index is 2.35. The van der Waals surface area contributed by atoms with Crippen LogP contribution in [0.5, 0.6) is 0 Å². The number of aryl methyl sites for hydroxylation is 2. The van der Waals surface area contributed by atoms with Gasteiger partial charge < -0.3 is 0 Å². The lowest BCUT2D eigenvalue weighted by molar-refractivity contribution is 1.52. The molecule has 0 bridgehead atoms. The first kappa shape index (κ1) is 17.2. The molecule has 6 aromatic rings. The van der Waals surface area contributed by atoms with Gasteiger partial charge >= 0.3 is 0 Å². The van der Waals surface area contributed by atoms with Gasteiger partial charge in [-0.25, -0.2) is 0 Å². The fourth-order valence-electron chi connectivity index (χ4n) is 5.06. The normalized spacial score (nSPS) is 11.7. The third-order valence-electron chi connectivity index (χ3n) is 6.48. The van der Waals surface area contributed by atoms with Crippen molar-refractivity contribution in [1.82, 2.24) is 0 Å². The summed E-state index contributed by atoms with van der Waals surface area (Å²) in [4.78, 5) is 0. The molecule has 0 heteroatoms. The molecular formula is C30H22. The van der Waals surface area contributed by atoms with Crippen molar-refractivity contribution >= 4 is 32.3 Å². The van der Waals surface area contributed by atoms with Crippen LogP contribution in [0.15, 0.2) is 97.1 Å². The molecule has 0 aliphatic heterocycles. The van der Waals surface area contributed by atoms with Crippen LogP contribution in [0.4, 0.5) is 0 Å². The molecular weight excluding hydrogens is 360 g/mol. The van der Waals surface area contributed by atoms with Crippen molar-refractivity contribution in [2.24, 2.45) is 0 Å². The summed E-state index contributed by atoms with van der Waals surface area (Å²) in [5, 5.41) is 8.17. The molecule has 30 heavy (non-hydrogen) atoms. The molecule has 0 radical (unpaired) electrons. The fraction of sp³-hybridized carbons (Fsp3) is 0.0667. The first-order chi connectivity index (χ1) is 14.7. The Bertz CT molecular complexity index is 1400. The quantitative estimate of drug-likeness (QED) is 0.263. The zero-order chi connectivity index (χ0) is 20.2. The molecule has 0 spiro atoms. The van der Waals surface area contributed by atoms with E-state index in [2.05, 4.69) is 111 Å². The molecule has 0 amide bonds. The van der Waals surface area contributed by atoms with E-state index in [9.17, 15) is 0 Å². The molecule has 0 aromatic heterocycles. The van der Waals surface area contributed by atoms with Gasteiger partial charge in [0.1, 0.15) is 0 Å². The van der Waals surface area contributed by atoms with Crippen molar-refractivity contribution in [3.8, 4) is 22.3 Å². The van der Waals surface area contributed by atoms with E-state index in [4.69, 9.17) is 0 Å². The average Bonchev–Trinajstić information content (AvgIpc) is 2.80. The second kappa shape index (κ2) is 6.43. The van der Waals surface area contributed by atoms with Gasteiger partial charge in [-0.15, -0.1) is 0 Å². The van der Waals surface area contributed by atoms with Crippen LogP contribution in [0.25, 0.3) is 54.6 Å². The summed E-state index contributed by atoms with van der Waals surface area (Å²) in [6.07, 6.45) is 0. The van der Waals surface area contributed by atoms with Gasteiger partial charge in [-0.05, 0) is 79.5 Å². The second-order valence-electron chi connectivity index (χ2n) is 8.29. The zero-order valence-corrected chi connectivity index (χ0v) is 17.2. The minimum atomic E-state index is 1.28. The Balaban J connectivity index is 1.82. The van der Waals surface area contributed by atoms with Crippen LogP contribution in [-0.4, -0.2) is 0 Å². The minimum absolute atomic E-state index is 1.28. The van der Waals surface area contributed by atoms with Crippen LogP contribution in [0.3, 0.4) is 0 Å². The van der Waals surface area contributed by atoms with Crippen LogP contribution in [-0.2, 0) is 0 Å². The SMILES string of the molecule is Cc1cc(-c2ccccc2)c2ccc3c(C)cc(-c4ccccc4)c4ccc1c2c34. The highest BCUT2D eigenvalue weighted by molar-refractivity contribution is 6.28. The van der Waals surface area contributed by atoms with E-state index in [1.165, 1.54) is 65.7 Å². The predicted octanol–water partition coefficient (Wildman–Crippen LogP) is 8.53. The average molecular weight is 383 g/mol. The molecule has 0 heterocycles. The maximum atomic E-state index is 2.35. The van der Waals surface area contributed by atoms with Crippen LogP contribution >= 0.6 is 0 Å². The Morgan fingerprint density at radius 1 is 0.400 bits per heavy atom. The van der Waals surface area contributed by atoms with Gasteiger partial charge in [-0.1, -0.05) is 97.1 Å². The van der Waals surface area contributed by atoms with Crippen LogP contribution in [0, 0.1) is 13.8 Å². The van der Waals surface area contributed by atoms with E-state index in [-0.39, 0.29) is 0 Å². The summed E-state index contributed by atoms with van der Waals surface area (Å²) < 4.78 is 0. The minimum Gasteiger partial charge on any atom is -0.0622 e. The third kappa shape index (κ3) is 2.40. The summed E-state index contributed by atoms with van der Waals surface area (Å²) in [7, 11) is 0. The Labute approximate surface area is 176 Å². The van der Waals surface area contributed by atoms with Crippen molar-refractivity contribution in [3.05, 3.63) is 108 Å². The zero-order valence-electron chi connectivity index (χ0n) is 17.2. The lowest BCUT2D eigenvalue weighted by atomic mass is 9.84. The molecule has 0 atom stereocenters. The van der Waals surface area contributed by atoms with E-state index in [0.717, 1.165) is 0 Å². The summed E-state index contributed by atoms with van der Waals surface area (Å²) in [6, 6.07) is 35.5. The first-order valence-corrected chi connectivity index (χ1v) is 10.5. The van der Waals surface area contributed by atoms with Gasteiger partial charge in [0, 0.05) is 0 Å². The van der Waals surface area contributed by atoms with Gasteiger partial charge in [-0.3, -0.25) is 0 Å². The predicted molar refractivity (Wildman–Crippen MR) is 130 cm³/mol. The molecule has 0 nitrogen and oxygen atoms in total. The van der Waals surface area contributed by atoms with E-state index in [1.807, 2.05) is 0 Å². The van der Waals surface area contributed by atoms with Crippen molar-refractivity contribution < 1.29 is 0 Å². The largest absolute Gasteiger partial charge is 0.0622 e. The molecule has 0 saturated heterocycles. The molecule has 0 aliphatic carbocycles. The smallest absolute Gasteiger partial charge is 0.00176 e. The summed E-state index contributed by atoms with van der Waals surface area (Å²) in [5.74, 6) is 0. The topological polar surface area (TPSA) is 0 Å². The van der Waals surface area contributed by atoms with Gasteiger partial charge in [0.05, 0.1) is 0 Å². The third-order valence-corrected chi connectivity index (χ3v) is 6.48. The van der Waals surface area contributed by atoms with E-state index in [1.54, 1.807) is 0 Å². The van der Waals surface area contributed by atoms with Crippen molar-refractivity contribution in [1.29, 1.82) is 0 Å². The van der Waals surface area contributed by atoms with E-state index in [0.29, 0.717) is 0 Å². The Hall–Kier alpha value is -3.64. The molecule has 6 aromatic carbocycles. The fourth-order valence-corrected chi connectivity index (χ4v) is 5.06. The Kier molecular flexibility index (Phi) is 3.70. The highest BCUT2D eigenvalue weighted by Gasteiger charge is 2.17. The number of hydrogen-bond donors (Lipinski definition) is 0. The molecule has 0 aliphatic rings. The van der Waals surface area contributed by atoms with Gasteiger partial charge in [0.15, 0.2) is 0 Å². The highest BCUT2D eigenvalue weighted by Crippen LogP contribution is 2.44. The van der Waals surface area contributed by atoms with Crippen molar-refractivity contribution in [2.75, 3.05) is 0 Å². The second-order valence-corrected chi connectivity index (χ2v) is 8.29. The lowest BCUT2D eigenvalue weighted by Crippen LogP contribution is -1.93. The number of benzene rings is 6. The monoisotopic (exact) mass is 382 g/mol. The number of rotatable bonds is 2. The summed E-state index contributed by atoms with van der Waals surface area (Å²) in [5.41, 5.74) is 7.85. The van der Waals surface area contributed by atoms with Crippen LogP contribution in [0.1, 0.15) is 11.1 Å². The van der Waals surface area contributed by atoms with E-state index < -0.39 is 0 Å². The summed E-state index contributed by atoms with van der Waals surface area (Å²) >= 11 is 0.